The summed E-state index contributed by atoms with van der Waals surface area (Å²) < 4.78 is 0. The quantitative estimate of drug-likeness (QED) is 0.452. The molecule has 76 valence electrons. The Kier molecular flexibility index (Phi) is 4.43. The zero-order valence-electron chi connectivity index (χ0n) is 8.13. The summed E-state index contributed by atoms with van der Waals surface area (Å²) in [4.78, 5) is 4.16. The molecule has 0 heterocycles. The van der Waals surface area contributed by atoms with Crippen molar-refractivity contribution in [2.45, 2.75) is 6.54 Å². The Morgan fingerprint density at radius 1 is 1.57 bits per heavy atom. The van der Waals surface area contributed by atoms with E-state index in [1.807, 2.05) is 31.3 Å². The van der Waals surface area contributed by atoms with Gasteiger partial charge in [-0.25, -0.2) is 4.99 Å². The van der Waals surface area contributed by atoms with Crippen LogP contribution >= 0.6 is 11.6 Å². The third kappa shape index (κ3) is 3.36. The van der Waals surface area contributed by atoms with Crippen molar-refractivity contribution in [1.29, 1.82) is 0 Å². The van der Waals surface area contributed by atoms with Crippen molar-refractivity contribution in [2.75, 3.05) is 12.9 Å². The lowest BCUT2D eigenvalue weighted by atomic mass is 10.2. The van der Waals surface area contributed by atoms with Gasteiger partial charge in [0.2, 0.25) is 0 Å². The summed E-state index contributed by atoms with van der Waals surface area (Å²) in [6.07, 6.45) is 0. The second kappa shape index (κ2) is 5.62. The average Bonchev–Trinajstić information content (AvgIpc) is 2.19. The van der Waals surface area contributed by atoms with Crippen LogP contribution in [0.25, 0.3) is 0 Å². The Bertz CT molecular complexity index is 323. The number of hydrogen-bond donors (Lipinski definition) is 2. The van der Waals surface area contributed by atoms with Crippen molar-refractivity contribution in [3.63, 3.8) is 0 Å². The van der Waals surface area contributed by atoms with Crippen LogP contribution in [0.15, 0.2) is 29.3 Å². The molecule has 0 radical (unpaired) electrons. The Hall–Kier alpha value is -1.06. The normalized spacial score (nSPS) is 11.7. The van der Waals surface area contributed by atoms with E-state index < -0.39 is 0 Å². The van der Waals surface area contributed by atoms with Crippen LogP contribution in [0.4, 0.5) is 5.69 Å². The van der Waals surface area contributed by atoms with E-state index in [-0.39, 0.29) is 5.88 Å². The summed E-state index contributed by atoms with van der Waals surface area (Å²) in [6, 6.07) is 7.87. The topological polar surface area (TPSA) is 50.4 Å². The number of nitrogens with one attached hydrogen (secondary N) is 1. The molecule has 0 aliphatic rings. The number of hydrogen-bond acceptors (Lipinski definition) is 2. The molecular weight excluding hydrogens is 198 g/mol. The number of nitrogens with zero attached hydrogens (tertiary/aromatic N) is 1. The Labute approximate surface area is 89.0 Å². The zero-order chi connectivity index (χ0) is 10.4. The van der Waals surface area contributed by atoms with E-state index in [4.69, 9.17) is 17.3 Å². The predicted octanol–water partition coefficient (Wildman–Crippen LogP) is 1.63. The van der Waals surface area contributed by atoms with Gasteiger partial charge in [-0.15, -0.1) is 11.6 Å². The highest BCUT2D eigenvalue weighted by Gasteiger charge is 1.94. The van der Waals surface area contributed by atoms with Crippen LogP contribution in [0.3, 0.4) is 0 Å². The molecule has 0 bridgehead atoms. The molecule has 0 aliphatic carbocycles. The number of aliphatic imine (C=N–C) groups is 1. The fourth-order valence-corrected chi connectivity index (χ4v) is 1.20. The molecule has 0 saturated heterocycles. The van der Waals surface area contributed by atoms with Crippen LogP contribution in [0.2, 0.25) is 0 Å². The molecule has 3 nitrogen and oxygen atoms in total. The Morgan fingerprint density at radius 3 is 3.00 bits per heavy atom. The van der Waals surface area contributed by atoms with Gasteiger partial charge in [-0.2, -0.15) is 0 Å². The van der Waals surface area contributed by atoms with Gasteiger partial charge in [0.15, 0.2) is 0 Å². The third-order valence-corrected chi connectivity index (χ3v) is 1.97. The van der Waals surface area contributed by atoms with Gasteiger partial charge in [-0.1, -0.05) is 12.1 Å². The average molecular weight is 212 g/mol. The molecule has 1 aromatic carbocycles. The van der Waals surface area contributed by atoms with Gasteiger partial charge in [0, 0.05) is 6.54 Å². The summed E-state index contributed by atoms with van der Waals surface area (Å²) in [7, 11) is 1.91. The van der Waals surface area contributed by atoms with E-state index in [2.05, 4.69) is 10.3 Å². The number of rotatable bonds is 4. The lowest BCUT2D eigenvalue weighted by molar-refractivity contribution is 0.818. The fourth-order valence-electron chi connectivity index (χ4n) is 1.14. The molecule has 0 atom stereocenters. The van der Waals surface area contributed by atoms with E-state index >= 15 is 0 Å². The summed E-state index contributed by atoms with van der Waals surface area (Å²) in [5.74, 6) is 0.698. The van der Waals surface area contributed by atoms with Gasteiger partial charge in [-0.05, 0) is 24.7 Å². The van der Waals surface area contributed by atoms with Crippen LogP contribution in [-0.4, -0.2) is 18.8 Å². The van der Waals surface area contributed by atoms with Gasteiger partial charge in [0.05, 0.1) is 11.6 Å². The van der Waals surface area contributed by atoms with E-state index in [0.717, 1.165) is 12.2 Å². The molecule has 0 amide bonds. The summed E-state index contributed by atoms with van der Waals surface area (Å²) in [6.45, 7) is 0.824. The standard InChI is InChI=1S/C10H14ClN3/c1-13-7-8-3-2-4-9(5-8)14-10(12)6-11/h2-5,13H,6-7H2,1H3,(H2,12,14). The highest BCUT2D eigenvalue weighted by atomic mass is 35.5. The first-order valence-electron chi connectivity index (χ1n) is 4.39. The SMILES string of the molecule is CNCc1cccc(N=C(N)CCl)c1. The van der Waals surface area contributed by atoms with Gasteiger partial charge < -0.3 is 11.1 Å². The molecule has 0 fully saturated rings. The van der Waals surface area contributed by atoms with Crippen molar-refractivity contribution in [2.24, 2.45) is 10.7 Å². The molecule has 14 heavy (non-hydrogen) atoms. The van der Waals surface area contributed by atoms with Crippen molar-refractivity contribution in [3.05, 3.63) is 29.8 Å². The maximum Gasteiger partial charge on any atom is 0.115 e. The van der Waals surface area contributed by atoms with Crippen LogP contribution < -0.4 is 11.1 Å². The van der Waals surface area contributed by atoms with E-state index in [1.165, 1.54) is 5.56 Å². The zero-order valence-corrected chi connectivity index (χ0v) is 8.88. The molecule has 0 spiro atoms. The Balaban J connectivity index is 2.83. The molecule has 1 rings (SSSR count). The van der Waals surface area contributed by atoms with E-state index in [9.17, 15) is 0 Å². The smallest absolute Gasteiger partial charge is 0.115 e. The molecule has 3 N–H and O–H groups in total. The molecule has 0 saturated carbocycles. The third-order valence-electron chi connectivity index (χ3n) is 1.70. The monoisotopic (exact) mass is 211 g/mol. The molecule has 4 heteroatoms. The maximum absolute atomic E-state index is 5.53. The molecule has 1 aromatic rings. The van der Waals surface area contributed by atoms with Crippen LogP contribution in [-0.2, 0) is 6.54 Å². The number of benzene rings is 1. The van der Waals surface area contributed by atoms with E-state index in [1.54, 1.807) is 0 Å². The van der Waals surface area contributed by atoms with Gasteiger partial charge in [0.25, 0.3) is 0 Å². The highest BCUT2D eigenvalue weighted by molar-refractivity contribution is 6.28. The maximum atomic E-state index is 5.53. The minimum atomic E-state index is 0.260. The lowest BCUT2D eigenvalue weighted by Gasteiger charge is -2.01. The van der Waals surface area contributed by atoms with Crippen molar-refractivity contribution >= 4 is 23.1 Å². The second-order valence-corrected chi connectivity index (χ2v) is 3.20. The molecule has 0 unspecified atom stereocenters. The molecule has 0 aromatic heterocycles. The minimum absolute atomic E-state index is 0.260. The van der Waals surface area contributed by atoms with Crippen molar-refractivity contribution < 1.29 is 0 Å². The second-order valence-electron chi connectivity index (χ2n) is 2.94. The fraction of sp³-hybridized carbons (Fsp3) is 0.300. The predicted molar refractivity (Wildman–Crippen MR) is 61.2 cm³/mol. The van der Waals surface area contributed by atoms with Crippen LogP contribution in [0.5, 0.6) is 0 Å². The Morgan fingerprint density at radius 2 is 2.36 bits per heavy atom. The number of amidine groups is 1. The van der Waals surface area contributed by atoms with Crippen LogP contribution in [0, 0.1) is 0 Å². The van der Waals surface area contributed by atoms with Crippen molar-refractivity contribution in [1.82, 2.24) is 5.32 Å². The molecule has 0 aliphatic heterocycles. The number of nitrogens with two attached hydrogens (primary N) is 1. The van der Waals surface area contributed by atoms with Gasteiger partial charge in [-0.3, -0.25) is 0 Å². The largest absolute Gasteiger partial charge is 0.386 e. The number of alkyl halides is 1. The molecular formula is C10H14ClN3. The van der Waals surface area contributed by atoms with Gasteiger partial charge in [0.1, 0.15) is 5.84 Å². The first-order valence-corrected chi connectivity index (χ1v) is 4.92. The summed E-state index contributed by atoms with van der Waals surface area (Å²) >= 11 is 5.53. The van der Waals surface area contributed by atoms with E-state index in [0.29, 0.717) is 5.84 Å². The number of halogens is 1. The summed E-state index contributed by atoms with van der Waals surface area (Å²) in [5, 5.41) is 3.07. The first kappa shape index (κ1) is 11.0. The van der Waals surface area contributed by atoms with Crippen LogP contribution in [0.1, 0.15) is 5.56 Å². The van der Waals surface area contributed by atoms with Crippen molar-refractivity contribution in [3.8, 4) is 0 Å². The lowest BCUT2D eigenvalue weighted by Crippen LogP contribution is -2.12. The minimum Gasteiger partial charge on any atom is -0.386 e. The highest BCUT2D eigenvalue weighted by Crippen LogP contribution is 2.13. The first-order chi connectivity index (χ1) is 6.76. The van der Waals surface area contributed by atoms with Gasteiger partial charge >= 0.3 is 0 Å². The summed E-state index contributed by atoms with van der Waals surface area (Å²) in [5.41, 5.74) is 7.55.